The topological polar surface area (TPSA) is 44.8 Å². The first-order chi connectivity index (χ1) is 6.08. The Kier molecular flexibility index (Phi) is 5.66. The van der Waals surface area contributed by atoms with Crippen molar-refractivity contribution in [1.29, 1.82) is 0 Å². The van der Waals surface area contributed by atoms with Gasteiger partial charge in [-0.25, -0.2) is 0 Å². The van der Waals surface area contributed by atoms with Crippen LogP contribution in [0.25, 0.3) is 0 Å². The number of ether oxygens (including phenoxy) is 3. The van der Waals surface area contributed by atoms with Crippen molar-refractivity contribution >= 4 is 5.97 Å². The van der Waals surface area contributed by atoms with Crippen molar-refractivity contribution in [3.63, 3.8) is 0 Å². The van der Waals surface area contributed by atoms with Crippen LogP contribution in [-0.2, 0) is 19.0 Å². The van der Waals surface area contributed by atoms with E-state index in [2.05, 4.69) is 4.74 Å². The molecule has 0 saturated heterocycles. The van der Waals surface area contributed by atoms with E-state index in [1.165, 1.54) is 7.11 Å². The van der Waals surface area contributed by atoms with Crippen LogP contribution in [0.3, 0.4) is 0 Å². The van der Waals surface area contributed by atoms with Crippen molar-refractivity contribution in [2.45, 2.75) is 32.0 Å². The molecule has 0 N–H and O–H groups in total. The van der Waals surface area contributed by atoms with Crippen LogP contribution >= 0.6 is 0 Å². The molecule has 4 nitrogen and oxygen atoms in total. The number of hydrogen-bond donors (Lipinski definition) is 0. The second-order valence-electron chi connectivity index (χ2n) is 2.97. The van der Waals surface area contributed by atoms with E-state index in [0.717, 1.165) is 0 Å². The Morgan fingerprint density at radius 3 is 2.15 bits per heavy atom. The molecule has 0 aliphatic carbocycles. The minimum Gasteiger partial charge on any atom is -0.469 e. The van der Waals surface area contributed by atoms with E-state index in [1.54, 1.807) is 14.2 Å². The second-order valence-corrected chi connectivity index (χ2v) is 2.97. The zero-order valence-electron chi connectivity index (χ0n) is 8.75. The summed E-state index contributed by atoms with van der Waals surface area (Å²) >= 11 is 0. The summed E-state index contributed by atoms with van der Waals surface area (Å²) in [6.07, 6.45) is 1.78. The van der Waals surface area contributed by atoms with E-state index >= 15 is 0 Å². The van der Waals surface area contributed by atoms with Crippen molar-refractivity contribution < 1.29 is 19.0 Å². The second kappa shape index (κ2) is 5.94. The van der Waals surface area contributed by atoms with E-state index < -0.39 is 5.79 Å². The van der Waals surface area contributed by atoms with Crippen LogP contribution in [0.2, 0.25) is 0 Å². The van der Waals surface area contributed by atoms with Crippen molar-refractivity contribution in [1.82, 2.24) is 0 Å². The maximum atomic E-state index is 10.8. The minimum absolute atomic E-state index is 0.199. The fourth-order valence-corrected chi connectivity index (χ4v) is 0.943. The lowest BCUT2D eigenvalue weighted by molar-refractivity contribution is -0.198. The normalized spacial score (nSPS) is 11.4. The predicted molar refractivity (Wildman–Crippen MR) is 48.3 cm³/mol. The van der Waals surface area contributed by atoms with E-state index in [1.807, 2.05) is 6.92 Å². The van der Waals surface area contributed by atoms with E-state index in [4.69, 9.17) is 9.47 Å². The van der Waals surface area contributed by atoms with Gasteiger partial charge in [-0.15, -0.1) is 0 Å². The molecule has 0 aromatic rings. The Balaban J connectivity index is 3.67. The van der Waals surface area contributed by atoms with E-state index in [9.17, 15) is 4.79 Å². The highest BCUT2D eigenvalue weighted by molar-refractivity contribution is 5.68. The Hall–Kier alpha value is -0.610. The molecular weight excluding hydrogens is 172 g/mol. The Bertz CT molecular complexity index is 152. The van der Waals surface area contributed by atoms with Gasteiger partial charge in [0, 0.05) is 27.1 Å². The maximum absolute atomic E-state index is 10.8. The molecule has 0 heterocycles. The summed E-state index contributed by atoms with van der Waals surface area (Å²) in [6, 6.07) is 0. The Labute approximate surface area is 79.2 Å². The zero-order chi connectivity index (χ0) is 10.3. The van der Waals surface area contributed by atoms with Gasteiger partial charge in [-0.3, -0.25) is 4.79 Å². The van der Waals surface area contributed by atoms with Crippen molar-refractivity contribution in [3.8, 4) is 0 Å². The number of rotatable bonds is 6. The summed E-state index contributed by atoms with van der Waals surface area (Å²) in [5, 5.41) is 0. The minimum atomic E-state index is -0.589. The molecule has 78 valence electrons. The van der Waals surface area contributed by atoms with Crippen molar-refractivity contribution in [3.05, 3.63) is 0 Å². The third-order valence-corrected chi connectivity index (χ3v) is 2.10. The summed E-state index contributed by atoms with van der Waals surface area (Å²) in [5.41, 5.74) is 0. The maximum Gasteiger partial charge on any atom is 0.305 e. The molecular formula is C9H18O4. The molecule has 0 fully saturated rings. The number of esters is 1. The quantitative estimate of drug-likeness (QED) is 0.468. The third-order valence-electron chi connectivity index (χ3n) is 2.10. The molecule has 0 rings (SSSR count). The highest BCUT2D eigenvalue weighted by Crippen LogP contribution is 2.18. The number of hydrogen-bond acceptors (Lipinski definition) is 4. The van der Waals surface area contributed by atoms with Gasteiger partial charge in [0.15, 0.2) is 5.79 Å². The molecule has 0 aliphatic heterocycles. The van der Waals surface area contributed by atoms with Crippen LogP contribution in [-0.4, -0.2) is 33.1 Å². The molecule has 0 aromatic heterocycles. The molecule has 0 aliphatic rings. The van der Waals surface area contributed by atoms with Gasteiger partial charge in [0.2, 0.25) is 0 Å². The van der Waals surface area contributed by atoms with Gasteiger partial charge in [0.05, 0.1) is 7.11 Å². The number of carbonyl (C=O) groups excluding carboxylic acids is 1. The van der Waals surface area contributed by atoms with Crippen molar-refractivity contribution in [2.24, 2.45) is 0 Å². The molecule has 0 radical (unpaired) electrons. The molecule has 0 amide bonds. The van der Waals surface area contributed by atoms with Gasteiger partial charge < -0.3 is 14.2 Å². The lowest BCUT2D eigenvalue weighted by Gasteiger charge is -2.25. The number of methoxy groups -OCH3 is 3. The molecule has 0 aromatic carbocycles. The van der Waals surface area contributed by atoms with Crippen molar-refractivity contribution in [2.75, 3.05) is 21.3 Å². The fourth-order valence-electron chi connectivity index (χ4n) is 0.943. The summed E-state index contributed by atoms with van der Waals surface area (Å²) in [6.45, 7) is 1.84. The third kappa shape index (κ3) is 4.85. The molecule has 4 heteroatoms. The predicted octanol–water partition coefficient (Wildman–Crippen LogP) is 1.34. The summed E-state index contributed by atoms with van der Waals surface area (Å²) in [5.74, 6) is -0.789. The van der Waals surface area contributed by atoms with Gasteiger partial charge in [0.1, 0.15) is 0 Å². The van der Waals surface area contributed by atoms with Gasteiger partial charge in [0.25, 0.3) is 0 Å². The van der Waals surface area contributed by atoms with Crippen LogP contribution in [0.5, 0.6) is 0 Å². The van der Waals surface area contributed by atoms with Crippen LogP contribution in [0, 0.1) is 0 Å². The van der Waals surface area contributed by atoms with Crippen LogP contribution < -0.4 is 0 Å². The first-order valence-electron chi connectivity index (χ1n) is 4.25. The monoisotopic (exact) mass is 190 g/mol. The van der Waals surface area contributed by atoms with Gasteiger partial charge in [-0.1, -0.05) is 0 Å². The fraction of sp³-hybridized carbons (Fsp3) is 0.889. The molecule has 0 spiro atoms. The first kappa shape index (κ1) is 12.4. The molecule has 0 saturated carbocycles. The van der Waals surface area contributed by atoms with Crippen LogP contribution in [0.1, 0.15) is 26.2 Å². The standard InChI is InChI=1S/C9H18O4/c1-9(12-3,13-4)7-5-6-8(10)11-2/h5-7H2,1-4H3. The molecule has 13 heavy (non-hydrogen) atoms. The largest absolute Gasteiger partial charge is 0.469 e. The SMILES string of the molecule is COC(=O)CCCC(C)(OC)OC. The average Bonchev–Trinajstić information content (AvgIpc) is 2.17. The molecule has 0 bridgehead atoms. The first-order valence-corrected chi connectivity index (χ1v) is 4.25. The molecule has 0 unspecified atom stereocenters. The Morgan fingerprint density at radius 2 is 1.77 bits per heavy atom. The summed E-state index contributed by atoms with van der Waals surface area (Å²) in [4.78, 5) is 10.8. The summed E-state index contributed by atoms with van der Waals surface area (Å²) < 4.78 is 14.8. The zero-order valence-corrected chi connectivity index (χ0v) is 8.75. The highest BCUT2D eigenvalue weighted by atomic mass is 16.7. The van der Waals surface area contributed by atoms with Crippen LogP contribution in [0.4, 0.5) is 0 Å². The Morgan fingerprint density at radius 1 is 1.23 bits per heavy atom. The van der Waals surface area contributed by atoms with E-state index in [-0.39, 0.29) is 5.97 Å². The van der Waals surface area contributed by atoms with E-state index in [0.29, 0.717) is 19.3 Å². The lowest BCUT2D eigenvalue weighted by Crippen LogP contribution is -2.29. The smallest absolute Gasteiger partial charge is 0.305 e. The molecule has 0 atom stereocenters. The highest BCUT2D eigenvalue weighted by Gasteiger charge is 2.22. The average molecular weight is 190 g/mol. The summed E-state index contributed by atoms with van der Waals surface area (Å²) in [7, 11) is 4.55. The van der Waals surface area contributed by atoms with Crippen LogP contribution in [0.15, 0.2) is 0 Å². The lowest BCUT2D eigenvalue weighted by atomic mass is 10.1. The number of carbonyl (C=O) groups is 1. The van der Waals surface area contributed by atoms with Gasteiger partial charge >= 0.3 is 5.97 Å². The van der Waals surface area contributed by atoms with Gasteiger partial charge in [-0.2, -0.15) is 0 Å². The van der Waals surface area contributed by atoms with Gasteiger partial charge in [-0.05, 0) is 13.3 Å².